The maximum atomic E-state index is 12.7. The van der Waals surface area contributed by atoms with Crippen LogP contribution in [0, 0.1) is 10.5 Å². The molecule has 0 fully saturated rings. The van der Waals surface area contributed by atoms with E-state index in [1.165, 1.54) is 3.97 Å². The quantitative estimate of drug-likeness (QED) is 0.624. The smallest absolute Gasteiger partial charge is 0.237 e. The summed E-state index contributed by atoms with van der Waals surface area (Å²) in [6.45, 7) is 1.92. The van der Waals surface area contributed by atoms with Gasteiger partial charge in [0.2, 0.25) is 0 Å². The summed E-state index contributed by atoms with van der Waals surface area (Å²) in [5.74, 6) is 0. The average Bonchev–Trinajstić information content (AvgIpc) is 2.85. The van der Waals surface area contributed by atoms with E-state index < -0.39 is 10.0 Å². The summed E-state index contributed by atoms with van der Waals surface area (Å²) in [6.07, 6.45) is 3.17. The average molecular weight is 398 g/mol. The topological polar surface area (TPSA) is 52.0 Å². The molecule has 0 bridgehead atoms. The highest BCUT2D eigenvalue weighted by atomic mass is 127. The van der Waals surface area contributed by atoms with Crippen LogP contribution >= 0.6 is 22.6 Å². The van der Waals surface area contributed by atoms with Gasteiger partial charge in [0.05, 0.1) is 4.90 Å². The molecule has 0 radical (unpaired) electrons. The van der Waals surface area contributed by atoms with Crippen LogP contribution in [-0.2, 0) is 10.0 Å². The van der Waals surface area contributed by atoms with Crippen molar-refractivity contribution >= 4 is 43.6 Å². The van der Waals surface area contributed by atoms with Crippen molar-refractivity contribution in [2.24, 2.45) is 0 Å². The fraction of sp³-hybridized carbons (Fsp3) is 0.0714. The van der Waals surface area contributed by atoms with Crippen LogP contribution in [0.1, 0.15) is 5.56 Å². The molecule has 0 saturated heterocycles. The normalized spacial score (nSPS) is 11.9. The molecule has 3 rings (SSSR count). The Morgan fingerprint density at radius 3 is 2.50 bits per heavy atom. The van der Waals surface area contributed by atoms with Gasteiger partial charge in [-0.1, -0.05) is 17.7 Å². The second kappa shape index (κ2) is 4.85. The minimum absolute atomic E-state index is 0.265. The maximum absolute atomic E-state index is 12.7. The third-order valence-electron chi connectivity index (χ3n) is 3.08. The van der Waals surface area contributed by atoms with Crippen LogP contribution in [0.5, 0.6) is 0 Å². The summed E-state index contributed by atoms with van der Waals surface area (Å²) in [6, 6.07) is 10.4. The van der Waals surface area contributed by atoms with E-state index in [9.17, 15) is 8.42 Å². The first-order valence-electron chi connectivity index (χ1n) is 5.94. The van der Waals surface area contributed by atoms with Crippen LogP contribution in [0.15, 0.2) is 53.7 Å². The van der Waals surface area contributed by atoms with Crippen molar-refractivity contribution in [3.05, 3.63) is 57.9 Å². The van der Waals surface area contributed by atoms with Gasteiger partial charge in [-0.15, -0.1) is 0 Å². The second-order valence-electron chi connectivity index (χ2n) is 4.46. The molecule has 0 N–H and O–H groups in total. The molecule has 3 aromatic rings. The zero-order chi connectivity index (χ0) is 14.3. The molecule has 0 atom stereocenters. The van der Waals surface area contributed by atoms with Crippen molar-refractivity contribution < 1.29 is 8.42 Å². The fourth-order valence-corrected chi connectivity index (χ4v) is 3.88. The molecular formula is C14H11IN2O2S. The van der Waals surface area contributed by atoms with Gasteiger partial charge in [-0.25, -0.2) is 17.4 Å². The lowest BCUT2D eigenvalue weighted by Crippen LogP contribution is -2.12. The number of aromatic nitrogens is 2. The highest BCUT2D eigenvalue weighted by molar-refractivity contribution is 14.1. The molecule has 0 amide bonds. The van der Waals surface area contributed by atoms with Crippen LogP contribution in [0.2, 0.25) is 0 Å². The van der Waals surface area contributed by atoms with E-state index in [2.05, 4.69) is 27.6 Å². The van der Waals surface area contributed by atoms with Gasteiger partial charge in [0.15, 0.2) is 5.65 Å². The molecule has 4 nitrogen and oxygen atoms in total. The van der Waals surface area contributed by atoms with Crippen molar-refractivity contribution in [2.75, 3.05) is 0 Å². The fourth-order valence-electron chi connectivity index (χ4n) is 2.00. The number of halogens is 1. The highest BCUT2D eigenvalue weighted by Gasteiger charge is 2.19. The van der Waals surface area contributed by atoms with Crippen molar-refractivity contribution in [1.82, 2.24) is 8.96 Å². The molecule has 0 aliphatic heterocycles. The minimum atomic E-state index is -3.60. The number of benzene rings is 1. The van der Waals surface area contributed by atoms with Crippen molar-refractivity contribution in [1.29, 1.82) is 0 Å². The first-order chi connectivity index (χ1) is 9.50. The lowest BCUT2D eigenvalue weighted by Gasteiger charge is -2.07. The van der Waals surface area contributed by atoms with E-state index in [0.29, 0.717) is 5.65 Å². The van der Waals surface area contributed by atoms with Crippen LogP contribution in [0.4, 0.5) is 0 Å². The molecular weight excluding hydrogens is 387 g/mol. The molecule has 0 aliphatic carbocycles. The molecule has 1 aromatic carbocycles. The number of rotatable bonds is 2. The first-order valence-corrected chi connectivity index (χ1v) is 8.46. The third-order valence-corrected chi connectivity index (χ3v) is 5.70. The van der Waals surface area contributed by atoms with Gasteiger partial charge in [-0.05, 0) is 53.8 Å². The Morgan fingerprint density at radius 2 is 1.80 bits per heavy atom. The Morgan fingerprint density at radius 1 is 1.10 bits per heavy atom. The van der Waals surface area contributed by atoms with Crippen LogP contribution < -0.4 is 0 Å². The number of fused-ring (bicyclic) bond motifs is 1. The van der Waals surface area contributed by atoms with Crippen LogP contribution in [0.3, 0.4) is 0 Å². The van der Waals surface area contributed by atoms with Crippen molar-refractivity contribution in [2.45, 2.75) is 11.8 Å². The van der Waals surface area contributed by atoms with Crippen molar-refractivity contribution in [3.63, 3.8) is 0 Å². The van der Waals surface area contributed by atoms with Gasteiger partial charge in [-0.2, -0.15) is 0 Å². The monoisotopic (exact) mass is 398 g/mol. The van der Waals surface area contributed by atoms with E-state index in [-0.39, 0.29) is 4.90 Å². The van der Waals surface area contributed by atoms with Gasteiger partial charge in [0, 0.05) is 21.4 Å². The lowest BCUT2D eigenvalue weighted by atomic mass is 10.2. The third kappa shape index (κ3) is 2.12. The van der Waals surface area contributed by atoms with Crippen LogP contribution in [-0.4, -0.2) is 17.4 Å². The zero-order valence-electron chi connectivity index (χ0n) is 10.6. The van der Waals surface area contributed by atoms with E-state index in [0.717, 1.165) is 14.5 Å². The van der Waals surface area contributed by atoms with E-state index >= 15 is 0 Å². The number of hydrogen-bond donors (Lipinski definition) is 0. The summed E-state index contributed by atoms with van der Waals surface area (Å²) in [5, 5.41) is 0.837. The molecule has 0 aliphatic rings. The Labute approximate surface area is 130 Å². The summed E-state index contributed by atoms with van der Waals surface area (Å²) >= 11 is 2.17. The molecule has 102 valence electrons. The number of hydrogen-bond acceptors (Lipinski definition) is 3. The molecule has 20 heavy (non-hydrogen) atoms. The standard InChI is InChI=1S/C14H11IN2O2S/c1-10-2-4-11(5-3-10)20(18,19)17-9-7-12-13(15)6-8-16-14(12)17/h2-9H,1H3. The van der Waals surface area contributed by atoms with E-state index in [4.69, 9.17) is 0 Å². The number of nitrogens with zero attached hydrogens (tertiary/aromatic N) is 2. The molecule has 0 saturated carbocycles. The van der Waals surface area contributed by atoms with Gasteiger partial charge < -0.3 is 0 Å². The Kier molecular flexibility index (Phi) is 3.29. The van der Waals surface area contributed by atoms with Gasteiger partial charge in [-0.3, -0.25) is 0 Å². The Bertz CT molecular complexity index is 883. The molecule has 6 heteroatoms. The molecule has 2 heterocycles. The highest BCUT2D eigenvalue weighted by Crippen LogP contribution is 2.24. The van der Waals surface area contributed by atoms with Crippen LogP contribution in [0.25, 0.3) is 11.0 Å². The van der Waals surface area contributed by atoms with Crippen molar-refractivity contribution in [3.8, 4) is 0 Å². The Hall–Kier alpha value is -1.41. The predicted octanol–water partition coefficient (Wildman–Crippen LogP) is 3.19. The summed E-state index contributed by atoms with van der Waals surface area (Å²) < 4.78 is 27.5. The minimum Gasteiger partial charge on any atom is -0.237 e. The summed E-state index contributed by atoms with van der Waals surface area (Å²) in [5.41, 5.74) is 1.48. The lowest BCUT2D eigenvalue weighted by molar-refractivity contribution is 0.588. The Balaban J connectivity index is 2.24. The predicted molar refractivity (Wildman–Crippen MR) is 86.2 cm³/mol. The zero-order valence-corrected chi connectivity index (χ0v) is 13.6. The molecule has 2 aromatic heterocycles. The SMILES string of the molecule is Cc1ccc(S(=O)(=O)n2ccc3c(I)ccnc32)cc1. The molecule has 0 unspecified atom stereocenters. The van der Waals surface area contributed by atoms with Gasteiger partial charge in [0.1, 0.15) is 0 Å². The summed E-state index contributed by atoms with van der Waals surface area (Å²) in [7, 11) is -3.60. The summed E-state index contributed by atoms with van der Waals surface area (Å²) in [4.78, 5) is 4.46. The molecule has 0 spiro atoms. The van der Waals surface area contributed by atoms with E-state index in [1.54, 1.807) is 42.7 Å². The largest absolute Gasteiger partial charge is 0.269 e. The maximum Gasteiger partial charge on any atom is 0.269 e. The second-order valence-corrected chi connectivity index (χ2v) is 7.44. The number of pyridine rings is 1. The number of aryl methyl sites for hydroxylation is 1. The first kappa shape index (κ1) is 13.6. The van der Waals surface area contributed by atoms with Gasteiger partial charge >= 0.3 is 0 Å². The van der Waals surface area contributed by atoms with Gasteiger partial charge in [0.25, 0.3) is 10.0 Å². The van der Waals surface area contributed by atoms with E-state index in [1.807, 2.05) is 13.0 Å².